The Labute approximate surface area is 94.1 Å². The normalized spacial score (nSPS) is 12.5. The minimum atomic E-state index is 0.270. The number of hydrogen-bond donors (Lipinski definition) is 1. The molecule has 15 heavy (non-hydrogen) atoms. The monoisotopic (exact) mass is 215 g/mol. The molecule has 0 amide bonds. The van der Waals surface area contributed by atoms with E-state index in [2.05, 4.69) is 40.9 Å². The van der Waals surface area contributed by atoms with Crippen molar-refractivity contribution in [3.05, 3.63) is 35.2 Å². The van der Waals surface area contributed by atoms with Gasteiger partial charge in [0.15, 0.2) is 0 Å². The van der Waals surface area contributed by atoms with Crippen molar-refractivity contribution in [2.24, 2.45) is 0 Å². The largest absolute Gasteiger partial charge is 0.312 e. The zero-order valence-electron chi connectivity index (χ0n) is 8.66. The average Bonchev–Trinajstić information content (AvgIpc) is 2.70. The van der Waals surface area contributed by atoms with Crippen LogP contribution in [0.15, 0.2) is 29.6 Å². The molecule has 0 radical (unpaired) electrons. The van der Waals surface area contributed by atoms with Gasteiger partial charge in [-0.2, -0.15) is 0 Å². The molecular weight excluding hydrogens is 202 g/mol. The minimum absolute atomic E-state index is 0.270. The molecule has 0 aliphatic carbocycles. The molecule has 1 heterocycles. The van der Waals surface area contributed by atoms with Gasteiger partial charge in [0.05, 0.1) is 0 Å². The van der Waals surface area contributed by atoms with Crippen LogP contribution >= 0.6 is 11.3 Å². The quantitative estimate of drug-likeness (QED) is 0.775. The SMILES string of the molecule is C#CCC(NC)c1csc2ccccc12. The van der Waals surface area contributed by atoms with Crippen LogP contribution in [0.4, 0.5) is 0 Å². The highest BCUT2D eigenvalue weighted by atomic mass is 32.1. The Bertz CT molecular complexity index is 492. The molecule has 1 N–H and O–H groups in total. The maximum atomic E-state index is 5.37. The Morgan fingerprint density at radius 2 is 2.27 bits per heavy atom. The van der Waals surface area contributed by atoms with Gasteiger partial charge in [0.25, 0.3) is 0 Å². The van der Waals surface area contributed by atoms with E-state index in [1.807, 2.05) is 7.05 Å². The standard InChI is InChI=1S/C13H13NS/c1-3-6-12(14-2)11-9-15-13-8-5-4-7-10(11)13/h1,4-5,7-9,12,14H,6H2,2H3. The maximum Gasteiger partial charge on any atom is 0.0442 e. The van der Waals surface area contributed by atoms with Gasteiger partial charge in [0, 0.05) is 17.2 Å². The van der Waals surface area contributed by atoms with Gasteiger partial charge in [-0.1, -0.05) is 18.2 Å². The molecule has 0 saturated carbocycles. The van der Waals surface area contributed by atoms with Gasteiger partial charge in [-0.15, -0.1) is 23.7 Å². The van der Waals surface area contributed by atoms with Crippen molar-refractivity contribution in [1.29, 1.82) is 0 Å². The Morgan fingerprint density at radius 3 is 3.00 bits per heavy atom. The van der Waals surface area contributed by atoms with E-state index >= 15 is 0 Å². The molecule has 2 rings (SSSR count). The van der Waals surface area contributed by atoms with E-state index < -0.39 is 0 Å². The van der Waals surface area contributed by atoms with E-state index in [0.717, 1.165) is 6.42 Å². The second-order valence-electron chi connectivity index (χ2n) is 3.44. The van der Waals surface area contributed by atoms with Crippen molar-refractivity contribution in [3.8, 4) is 12.3 Å². The Hall–Kier alpha value is -1.30. The second kappa shape index (κ2) is 4.48. The summed E-state index contributed by atoms with van der Waals surface area (Å²) in [5.74, 6) is 2.71. The van der Waals surface area contributed by atoms with Gasteiger partial charge in [0.2, 0.25) is 0 Å². The summed E-state index contributed by atoms with van der Waals surface area (Å²) in [6.45, 7) is 0. The third-order valence-corrected chi connectivity index (χ3v) is 3.54. The maximum absolute atomic E-state index is 5.37. The van der Waals surface area contributed by atoms with Crippen molar-refractivity contribution >= 4 is 21.4 Å². The Balaban J connectivity index is 2.47. The summed E-state index contributed by atoms with van der Waals surface area (Å²) in [4.78, 5) is 0. The number of fused-ring (bicyclic) bond motifs is 1. The third-order valence-electron chi connectivity index (χ3n) is 2.56. The highest BCUT2D eigenvalue weighted by molar-refractivity contribution is 7.17. The summed E-state index contributed by atoms with van der Waals surface area (Å²) in [6.07, 6.45) is 6.10. The lowest BCUT2D eigenvalue weighted by Crippen LogP contribution is -2.15. The zero-order chi connectivity index (χ0) is 10.7. The van der Waals surface area contributed by atoms with E-state index in [1.54, 1.807) is 11.3 Å². The van der Waals surface area contributed by atoms with Crippen molar-refractivity contribution in [1.82, 2.24) is 5.32 Å². The van der Waals surface area contributed by atoms with Crippen LogP contribution in [-0.4, -0.2) is 7.05 Å². The van der Waals surface area contributed by atoms with Gasteiger partial charge in [-0.05, 0) is 29.4 Å². The smallest absolute Gasteiger partial charge is 0.0442 e. The summed E-state index contributed by atoms with van der Waals surface area (Å²) >= 11 is 1.77. The molecular formula is C13H13NS. The molecule has 2 heteroatoms. The number of nitrogens with one attached hydrogen (secondary N) is 1. The fourth-order valence-corrected chi connectivity index (χ4v) is 2.77. The lowest BCUT2D eigenvalue weighted by Gasteiger charge is -2.12. The number of hydrogen-bond acceptors (Lipinski definition) is 2. The molecule has 1 aromatic heterocycles. The van der Waals surface area contributed by atoms with Crippen LogP contribution in [0.1, 0.15) is 18.0 Å². The van der Waals surface area contributed by atoms with E-state index in [4.69, 9.17) is 6.42 Å². The lowest BCUT2D eigenvalue weighted by molar-refractivity contribution is 0.617. The van der Waals surface area contributed by atoms with Crippen molar-refractivity contribution < 1.29 is 0 Å². The van der Waals surface area contributed by atoms with Gasteiger partial charge >= 0.3 is 0 Å². The molecule has 76 valence electrons. The van der Waals surface area contributed by atoms with E-state index in [9.17, 15) is 0 Å². The molecule has 1 unspecified atom stereocenters. The molecule has 1 atom stereocenters. The van der Waals surface area contributed by atoms with Gasteiger partial charge < -0.3 is 5.32 Å². The second-order valence-corrected chi connectivity index (χ2v) is 4.35. The van der Waals surface area contributed by atoms with Crippen molar-refractivity contribution in [2.75, 3.05) is 7.05 Å². The van der Waals surface area contributed by atoms with E-state index in [0.29, 0.717) is 0 Å². The number of benzene rings is 1. The zero-order valence-corrected chi connectivity index (χ0v) is 9.47. The van der Waals surface area contributed by atoms with Crippen molar-refractivity contribution in [3.63, 3.8) is 0 Å². The predicted octanol–water partition coefficient (Wildman–Crippen LogP) is 3.19. The predicted molar refractivity (Wildman–Crippen MR) is 67.1 cm³/mol. The molecule has 0 fully saturated rings. The first kappa shape index (κ1) is 10.2. The van der Waals surface area contributed by atoms with E-state index in [-0.39, 0.29) is 6.04 Å². The summed E-state index contributed by atoms with van der Waals surface area (Å²) in [7, 11) is 1.95. The summed E-state index contributed by atoms with van der Waals surface area (Å²) in [5.41, 5.74) is 1.32. The molecule has 0 bridgehead atoms. The molecule has 0 aliphatic rings. The third kappa shape index (κ3) is 1.90. The fourth-order valence-electron chi connectivity index (χ4n) is 1.75. The fraction of sp³-hybridized carbons (Fsp3) is 0.231. The Kier molecular flexibility index (Phi) is 3.05. The van der Waals surface area contributed by atoms with Crippen LogP contribution in [0, 0.1) is 12.3 Å². The van der Waals surface area contributed by atoms with Crippen molar-refractivity contribution in [2.45, 2.75) is 12.5 Å². The van der Waals surface area contributed by atoms with Crippen LogP contribution in [0.2, 0.25) is 0 Å². The topological polar surface area (TPSA) is 12.0 Å². The first-order chi connectivity index (χ1) is 7.36. The minimum Gasteiger partial charge on any atom is -0.312 e. The number of terminal acetylenes is 1. The van der Waals surface area contributed by atoms with E-state index in [1.165, 1.54) is 15.6 Å². The van der Waals surface area contributed by atoms with Crippen LogP contribution in [0.25, 0.3) is 10.1 Å². The molecule has 1 aromatic carbocycles. The summed E-state index contributed by atoms with van der Waals surface area (Å²) in [5, 5.41) is 6.78. The van der Waals surface area contributed by atoms with Gasteiger partial charge in [-0.25, -0.2) is 0 Å². The highest BCUT2D eigenvalue weighted by Gasteiger charge is 2.12. The van der Waals surface area contributed by atoms with Crippen LogP contribution in [0.5, 0.6) is 0 Å². The lowest BCUT2D eigenvalue weighted by atomic mass is 10.0. The first-order valence-corrected chi connectivity index (χ1v) is 5.81. The molecule has 0 aliphatic heterocycles. The molecule has 0 saturated heterocycles. The number of thiophene rings is 1. The van der Waals surface area contributed by atoms with Gasteiger partial charge in [0.1, 0.15) is 0 Å². The average molecular weight is 215 g/mol. The first-order valence-electron chi connectivity index (χ1n) is 4.93. The van der Waals surface area contributed by atoms with Gasteiger partial charge in [-0.3, -0.25) is 0 Å². The highest BCUT2D eigenvalue weighted by Crippen LogP contribution is 2.31. The summed E-state index contributed by atoms with van der Waals surface area (Å²) < 4.78 is 1.32. The molecule has 2 aromatic rings. The number of rotatable bonds is 3. The molecule has 1 nitrogen and oxygen atoms in total. The van der Waals surface area contributed by atoms with Crippen LogP contribution in [-0.2, 0) is 0 Å². The molecule has 0 spiro atoms. The van der Waals surface area contributed by atoms with Crippen LogP contribution in [0.3, 0.4) is 0 Å². The summed E-state index contributed by atoms with van der Waals surface area (Å²) in [6, 6.07) is 8.71. The van der Waals surface area contributed by atoms with Crippen LogP contribution < -0.4 is 5.32 Å². The Morgan fingerprint density at radius 1 is 1.47 bits per heavy atom.